The Bertz CT molecular complexity index is 258. The molecule has 0 saturated carbocycles. The van der Waals surface area contributed by atoms with Gasteiger partial charge in [0.15, 0.2) is 0 Å². The van der Waals surface area contributed by atoms with Crippen LogP contribution < -0.4 is 5.32 Å². The molecule has 2 N–H and O–H groups in total. The summed E-state index contributed by atoms with van der Waals surface area (Å²) in [6.45, 7) is 0.728. The number of hydrogen-bond acceptors (Lipinski definition) is 5. The monoisotopic (exact) mass is 232 g/mol. The normalized spacial score (nSPS) is 19.4. The lowest BCUT2D eigenvalue weighted by Crippen LogP contribution is -2.38. The second-order valence-electron chi connectivity index (χ2n) is 3.41. The van der Waals surface area contributed by atoms with Crippen LogP contribution in [0.4, 0.5) is 9.59 Å². The minimum atomic E-state index is -0.504. The Morgan fingerprint density at radius 1 is 1.56 bits per heavy atom. The van der Waals surface area contributed by atoms with E-state index in [-0.39, 0.29) is 19.3 Å². The Morgan fingerprint density at radius 2 is 2.31 bits per heavy atom. The summed E-state index contributed by atoms with van der Waals surface area (Å²) in [4.78, 5) is 23.8. The van der Waals surface area contributed by atoms with Crippen LogP contribution in [0.25, 0.3) is 0 Å². The van der Waals surface area contributed by atoms with Crippen LogP contribution in [0.3, 0.4) is 0 Å². The van der Waals surface area contributed by atoms with Crippen LogP contribution in [0.5, 0.6) is 0 Å². The summed E-state index contributed by atoms with van der Waals surface area (Å²) in [7, 11) is 1.29. The molecule has 0 spiro atoms. The van der Waals surface area contributed by atoms with Crippen molar-refractivity contribution >= 4 is 12.2 Å². The van der Waals surface area contributed by atoms with Crippen LogP contribution in [-0.4, -0.2) is 61.6 Å². The van der Waals surface area contributed by atoms with Crippen LogP contribution in [-0.2, 0) is 9.47 Å². The van der Waals surface area contributed by atoms with E-state index in [4.69, 9.17) is 9.84 Å². The molecule has 0 aliphatic carbocycles. The first kappa shape index (κ1) is 12.6. The van der Waals surface area contributed by atoms with E-state index in [1.54, 1.807) is 0 Å². The lowest BCUT2D eigenvalue weighted by molar-refractivity contribution is 0.0898. The number of carbonyl (C=O) groups is 2. The van der Waals surface area contributed by atoms with Crippen molar-refractivity contribution in [2.24, 2.45) is 0 Å². The topological polar surface area (TPSA) is 88.1 Å². The van der Waals surface area contributed by atoms with Crippen molar-refractivity contribution in [2.45, 2.75) is 12.5 Å². The zero-order valence-corrected chi connectivity index (χ0v) is 9.14. The number of methoxy groups -OCH3 is 1. The molecule has 1 unspecified atom stereocenters. The van der Waals surface area contributed by atoms with Crippen molar-refractivity contribution in [1.29, 1.82) is 0 Å². The maximum Gasteiger partial charge on any atom is 0.409 e. The summed E-state index contributed by atoms with van der Waals surface area (Å²) in [6.07, 6.45) is -0.303. The van der Waals surface area contributed by atoms with E-state index in [0.717, 1.165) is 0 Å². The number of nitrogens with zero attached hydrogens (tertiary/aromatic N) is 1. The van der Waals surface area contributed by atoms with Crippen LogP contribution in [0.15, 0.2) is 0 Å². The first-order valence-electron chi connectivity index (χ1n) is 5.04. The zero-order chi connectivity index (χ0) is 12.0. The van der Waals surface area contributed by atoms with E-state index < -0.39 is 12.2 Å². The number of hydrogen-bond donors (Lipinski definition) is 2. The molecule has 1 heterocycles. The second-order valence-corrected chi connectivity index (χ2v) is 3.41. The number of ether oxygens (including phenoxy) is 2. The van der Waals surface area contributed by atoms with Crippen molar-refractivity contribution in [2.75, 3.05) is 33.4 Å². The highest BCUT2D eigenvalue weighted by Crippen LogP contribution is 2.10. The number of nitrogens with one attached hydrogen (secondary N) is 1. The SMILES string of the molecule is COC(=O)NC1CCN(C(=O)OCCO)C1. The number of likely N-dealkylation sites (tertiary alicyclic amines) is 1. The molecule has 1 aliphatic rings. The van der Waals surface area contributed by atoms with Crippen molar-refractivity contribution in [1.82, 2.24) is 10.2 Å². The van der Waals surface area contributed by atoms with Crippen molar-refractivity contribution in [3.63, 3.8) is 0 Å². The number of carbonyl (C=O) groups excluding carboxylic acids is 2. The van der Waals surface area contributed by atoms with E-state index in [9.17, 15) is 9.59 Å². The Balaban J connectivity index is 2.28. The predicted molar refractivity (Wildman–Crippen MR) is 54.0 cm³/mol. The van der Waals surface area contributed by atoms with Gasteiger partial charge in [0.2, 0.25) is 0 Å². The van der Waals surface area contributed by atoms with Gasteiger partial charge in [0.1, 0.15) is 6.61 Å². The lowest BCUT2D eigenvalue weighted by atomic mass is 10.3. The number of rotatable bonds is 3. The van der Waals surface area contributed by atoms with Gasteiger partial charge in [-0.1, -0.05) is 0 Å². The molecule has 0 aromatic carbocycles. The molecule has 92 valence electrons. The average molecular weight is 232 g/mol. The fraction of sp³-hybridized carbons (Fsp3) is 0.778. The molecule has 1 aliphatic heterocycles. The molecule has 7 heteroatoms. The molecule has 1 fully saturated rings. The molecule has 0 bridgehead atoms. The van der Waals surface area contributed by atoms with Gasteiger partial charge in [-0.05, 0) is 6.42 Å². The average Bonchev–Trinajstić information content (AvgIpc) is 2.74. The van der Waals surface area contributed by atoms with Crippen molar-refractivity contribution < 1.29 is 24.2 Å². The fourth-order valence-corrected chi connectivity index (χ4v) is 1.49. The number of alkyl carbamates (subject to hydrolysis) is 1. The minimum absolute atomic E-state index is 0.00949. The van der Waals surface area contributed by atoms with Gasteiger partial charge in [0, 0.05) is 13.1 Å². The van der Waals surface area contributed by atoms with Crippen LogP contribution in [0, 0.1) is 0 Å². The maximum absolute atomic E-state index is 11.4. The molecule has 1 saturated heterocycles. The van der Waals surface area contributed by atoms with Gasteiger partial charge in [-0.25, -0.2) is 9.59 Å². The third-order valence-electron chi connectivity index (χ3n) is 2.27. The smallest absolute Gasteiger partial charge is 0.409 e. The van der Waals surface area contributed by atoms with Gasteiger partial charge in [-0.15, -0.1) is 0 Å². The fourth-order valence-electron chi connectivity index (χ4n) is 1.49. The van der Waals surface area contributed by atoms with Crippen LogP contribution in [0.1, 0.15) is 6.42 Å². The zero-order valence-electron chi connectivity index (χ0n) is 9.14. The Morgan fingerprint density at radius 3 is 2.94 bits per heavy atom. The van der Waals surface area contributed by atoms with Gasteiger partial charge in [0.25, 0.3) is 0 Å². The predicted octanol–water partition coefficient (Wildman–Crippen LogP) is -0.454. The van der Waals surface area contributed by atoms with E-state index in [0.29, 0.717) is 19.5 Å². The van der Waals surface area contributed by atoms with E-state index in [2.05, 4.69) is 10.1 Å². The van der Waals surface area contributed by atoms with Crippen LogP contribution in [0.2, 0.25) is 0 Å². The summed E-state index contributed by atoms with van der Waals surface area (Å²) >= 11 is 0. The number of amides is 2. The van der Waals surface area contributed by atoms with Crippen molar-refractivity contribution in [3.8, 4) is 0 Å². The molecule has 16 heavy (non-hydrogen) atoms. The Labute approximate surface area is 93.3 Å². The van der Waals surface area contributed by atoms with E-state index in [1.807, 2.05) is 0 Å². The summed E-state index contributed by atoms with van der Waals surface area (Å²) in [5.74, 6) is 0. The lowest BCUT2D eigenvalue weighted by Gasteiger charge is -2.16. The molecular formula is C9H16N2O5. The Hall–Kier alpha value is -1.50. The Kier molecular flexibility index (Phi) is 4.84. The van der Waals surface area contributed by atoms with Gasteiger partial charge in [-0.2, -0.15) is 0 Å². The minimum Gasteiger partial charge on any atom is -0.453 e. The van der Waals surface area contributed by atoms with Gasteiger partial charge >= 0.3 is 12.2 Å². The molecule has 1 atom stereocenters. The third-order valence-corrected chi connectivity index (χ3v) is 2.27. The quantitative estimate of drug-likeness (QED) is 0.687. The number of aliphatic hydroxyl groups is 1. The summed E-state index contributed by atoms with van der Waals surface area (Å²) in [6, 6.07) is -0.103. The first-order valence-corrected chi connectivity index (χ1v) is 5.04. The first-order chi connectivity index (χ1) is 7.67. The highest BCUT2D eigenvalue weighted by atomic mass is 16.6. The molecular weight excluding hydrogens is 216 g/mol. The summed E-state index contributed by atoms with van der Waals surface area (Å²) in [5.41, 5.74) is 0. The molecule has 0 aromatic rings. The standard InChI is InChI=1S/C9H16N2O5/c1-15-8(13)10-7-2-3-11(6-7)9(14)16-5-4-12/h7,12H,2-6H2,1H3,(H,10,13). The van der Waals surface area contributed by atoms with E-state index in [1.165, 1.54) is 12.0 Å². The van der Waals surface area contributed by atoms with Gasteiger partial charge in [0.05, 0.1) is 19.8 Å². The second kappa shape index (κ2) is 6.16. The molecule has 2 amide bonds. The van der Waals surface area contributed by atoms with Gasteiger partial charge in [-0.3, -0.25) is 0 Å². The summed E-state index contributed by atoms with van der Waals surface area (Å²) < 4.78 is 9.20. The van der Waals surface area contributed by atoms with Crippen molar-refractivity contribution in [3.05, 3.63) is 0 Å². The number of aliphatic hydroxyl groups excluding tert-OH is 1. The van der Waals surface area contributed by atoms with E-state index >= 15 is 0 Å². The molecule has 0 radical (unpaired) electrons. The highest BCUT2D eigenvalue weighted by molar-refractivity contribution is 5.69. The van der Waals surface area contributed by atoms with Crippen LogP contribution >= 0.6 is 0 Å². The largest absolute Gasteiger partial charge is 0.453 e. The highest BCUT2D eigenvalue weighted by Gasteiger charge is 2.28. The molecule has 7 nitrogen and oxygen atoms in total. The third kappa shape index (κ3) is 3.58. The maximum atomic E-state index is 11.4. The summed E-state index contributed by atoms with van der Waals surface area (Å²) in [5, 5.41) is 11.1. The van der Waals surface area contributed by atoms with Gasteiger partial charge < -0.3 is 24.8 Å². The molecule has 0 aromatic heterocycles. The molecule has 1 rings (SSSR count).